The van der Waals surface area contributed by atoms with Crippen molar-refractivity contribution in [3.8, 4) is 0 Å². The van der Waals surface area contributed by atoms with E-state index in [1.807, 2.05) is 13.8 Å². The number of rotatable bonds is 7. The average molecular weight is 464 g/mol. The zero-order valence-electron chi connectivity index (χ0n) is 25.4. The first-order valence-electron chi connectivity index (χ1n) is 13.7. The van der Waals surface area contributed by atoms with Gasteiger partial charge in [-0.05, 0) is 50.8 Å². The molecule has 198 valence electrons. The maximum absolute atomic E-state index is 4.61. The number of nitrogens with two attached hydrogens (primary N) is 1. The van der Waals surface area contributed by atoms with Gasteiger partial charge >= 0.3 is 0 Å². The summed E-state index contributed by atoms with van der Waals surface area (Å²) in [5.41, 5.74) is 8.82. The van der Waals surface area contributed by atoms with Gasteiger partial charge in [0.15, 0.2) is 0 Å². The number of allylic oxidation sites excluding steroid dienone is 2. The van der Waals surface area contributed by atoms with E-state index in [0.29, 0.717) is 0 Å². The third kappa shape index (κ3) is 41.3. The van der Waals surface area contributed by atoms with Crippen LogP contribution in [-0.2, 0) is 6.42 Å². The molecule has 1 rings (SSSR count). The Balaban J connectivity index is -0.000000109. The highest BCUT2D eigenvalue weighted by atomic mass is 14.5. The Hall–Kier alpha value is -1.50. The van der Waals surface area contributed by atoms with Gasteiger partial charge in [-0.1, -0.05) is 156 Å². The molecule has 0 aromatic heterocycles. The van der Waals surface area contributed by atoms with Gasteiger partial charge in [0.1, 0.15) is 0 Å². The molecule has 0 spiro atoms. The van der Waals surface area contributed by atoms with E-state index in [-0.39, 0.29) is 0 Å². The third-order valence-corrected chi connectivity index (χ3v) is 4.55. The molecule has 0 aliphatic carbocycles. The van der Waals surface area contributed by atoms with Gasteiger partial charge in [0.2, 0.25) is 0 Å². The van der Waals surface area contributed by atoms with Crippen molar-refractivity contribution in [1.29, 1.82) is 0 Å². The molecule has 2 unspecified atom stereocenters. The molecule has 1 nitrogen and oxygen atoms in total. The second kappa shape index (κ2) is 37.8. The lowest BCUT2D eigenvalue weighted by molar-refractivity contribution is 0.375. The molecular weight excluding hydrogens is 398 g/mol. The van der Waals surface area contributed by atoms with E-state index in [2.05, 4.69) is 119 Å². The number of unbranched alkanes of at least 4 members (excludes halogenated alkanes) is 1. The predicted molar refractivity (Wildman–Crippen MR) is 160 cm³/mol. The summed E-state index contributed by atoms with van der Waals surface area (Å²) < 4.78 is 0. The van der Waals surface area contributed by atoms with E-state index in [4.69, 9.17) is 0 Å². The fourth-order valence-electron chi connectivity index (χ4n) is 2.70. The number of hydrogen-bond acceptors (Lipinski definition) is 1. The van der Waals surface area contributed by atoms with Crippen LogP contribution in [0.4, 0.5) is 0 Å². The minimum Gasteiger partial charge on any atom is -0.405 e. The molecule has 33 heavy (non-hydrogen) atoms. The van der Waals surface area contributed by atoms with E-state index in [9.17, 15) is 0 Å². The normalized spacial score (nSPS) is 10.2. The lowest BCUT2D eigenvalue weighted by atomic mass is 9.87. The van der Waals surface area contributed by atoms with Crippen molar-refractivity contribution in [2.24, 2.45) is 17.6 Å². The Morgan fingerprint density at radius 2 is 1.27 bits per heavy atom. The molecule has 0 saturated heterocycles. The fourth-order valence-corrected chi connectivity index (χ4v) is 2.70. The van der Waals surface area contributed by atoms with Crippen molar-refractivity contribution in [2.45, 2.75) is 135 Å². The van der Waals surface area contributed by atoms with Crippen molar-refractivity contribution in [3.63, 3.8) is 0 Å². The van der Waals surface area contributed by atoms with Crippen LogP contribution in [0.15, 0.2) is 48.7 Å². The molecule has 1 aromatic carbocycles. The topological polar surface area (TPSA) is 26.0 Å². The molecule has 0 amide bonds. The molecule has 0 saturated carbocycles. The van der Waals surface area contributed by atoms with E-state index in [1.54, 1.807) is 0 Å². The lowest BCUT2D eigenvalue weighted by Gasteiger charge is -2.19. The SMILES string of the molecule is C=CN.CC.CCC.CCCC.CCCC(CC)C(C)C=C(C)C.CCc1ccc(C)cc1. The molecule has 1 aromatic rings. The molecule has 2 N–H and O–H groups in total. The second-order valence-corrected chi connectivity index (χ2v) is 8.34. The van der Waals surface area contributed by atoms with Gasteiger partial charge in [0.05, 0.1) is 0 Å². The van der Waals surface area contributed by atoms with Crippen LogP contribution in [0.25, 0.3) is 0 Å². The van der Waals surface area contributed by atoms with Crippen LogP contribution in [-0.4, -0.2) is 0 Å². The summed E-state index contributed by atoms with van der Waals surface area (Å²) >= 11 is 0. The zero-order valence-corrected chi connectivity index (χ0v) is 25.4. The molecule has 0 bridgehead atoms. The van der Waals surface area contributed by atoms with Gasteiger partial charge in [-0.15, -0.1) is 0 Å². The van der Waals surface area contributed by atoms with Crippen LogP contribution in [0, 0.1) is 18.8 Å². The number of hydrogen-bond donors (Lipinski definition) is 1. The van der Waals surface area contributed by atoms with Crippen LogP contribution >= 0.6 is 0 Å². The molecule has 0 aliphatic heterocycles. The van der Waals surface area contributed by atoms with Crippen molar-refractivity contribution < 1.29 is 0 Å². The summed E-state index contributed by atoms with van der Waals surface area (Å²) in [5.74, 6) is 1.66. The summed E-state index contributed by atoms with van der Waals surface area (Å²) in [6.45, 7) is 31.3. The highest BCUT2D eigenvalue weighted by Gasteiger charge is 2.11. The quantitative estimate of drug-likeness (QED) is 0.400. The Labute approximate surface area is 212 Å². The monoisotopic (exact) mass is 464 g/mol. The Morgan fingerprint density at radius 1 is 0.879 bits per heavy atom. The standard InChI is InChI=1S/C12H24.C9H12.C4H10.C3H8.C2H5N.C2H6/c1-6-8-12(7-2)11(5)9-10(3)4;1-3-9-6-4-8(2)5-7-9;1-3-4-2;1-3-2;1-2-3;1-2/h9,11-12H,6-8H2,1-5H3;4-7H,3H2,1-2H3;3-4H2,1-2H3;3H2,1-2H3;2H,1,3H2;1-2H3. The van der Waals surface area contributed by atoms with E-state index >= 15 is 0 Å². The number of benzene rings is 1. The number of aryl methyl sites for hydroxylation is 2. The van der Waals surface area contributed by atoms with Crippen LogP contribution in [0.2, 0.25) is 0 Å². The first-order chi connectivity index (χ1) is 15.7. The zero-order chi connectivity index (χ0) is 27.1. The maximum atomic E-state index is 4.61. The highest BCUT2D eigenvalue weighted by molar-refractivity contribution is 5.20. The van der Waals surface area contributed by atoms with Gasteiger partial charge in [-0.25, -0.2) is 0 Å². The summed E-state index contributed by atoms with van der Waals surface area (Å²) in [7, 11) is 0. The predicted octanol–water partition coefficient (Wildman–Crippen LogP) is 11.3. The van der Waals surface area contributed by atoms with Crippen molar-refractivity contribution >= 4 is 0 Å². The lowest BCUT2D eigenvalue weighted by Crippen LogP contribution is -2.08. The smallest absolute Gasteiger partial charge is 0.0136 e. The van der Waals surface area contributed by atoms with Gasteiger partial charge in [0, 0.05) is 0 Å². The Morgan fingerprint density at radius 3 is 1.52 bits per heavy atom. The van der Waals surface area contributed by atoms with Crippen LogP contribution in [0.1, 0.15) is 133 Å². The Kier molecular flexibility index (Phi) is 47.8. The first-order valence-corrected chi connectivity index (χ1v) is 13.7. The summed E-state index contributed by atoms with van der Waals surface area (Å²) in [4.78, 5) is 0. The van der Waals surface area contributed by atoms with Crippen molar-refractivity contribution in [2.75, 3.05) is 0 Å². The molecule has 0 heterocycles. The minimum atomic E-state index is 0.764. The third-order valence-electron chi connectivity index (χ3n) is 4.55. The van der Waals surface area contributed by atoms with Gasteiger partial charge in [-0.3, -0.25) is 0 Å². The molecule has 0 aliphatic rings. The summed E-state index contributed by atoms with van der Waals surface area (Å²) in [6, 6.07) is 8.66. The molecule has 0 radical (unpaired) electrons. The van der Waals surface area contributed by atoms with Crippen LogP contribution in [0.3, 0.4) is 0 Å². The second-order valence-electron chi connectivity index (χ2n) is 8.34. The molecule has 0 fully saturated rings. The van der Waals surface area contributed by atoms with E-state index < -0.39 is 0 Å². The van der Waals surface area contributed by atoms with Crippen molar-refractivity contribution in [3.05, 3.63) is 59.8 Å². The minimum absolute atomic E-state index is 0.764. The maximum Gasteiger partial charge on any atom is -0.0136 e. The van der Waals surface area contributed by atoms with Gasteiger partial charge in [-0.2, -0.15) is 0 Å². The molecular formula is C32H65N. The van der Waals surface area contributed by atoms with Gasteiger partial charge < -0.3 is 5.73 Å². The van der Waals surface area contributed by atoms with Gasteiger partial charge in [0.25, 0.3) is 0 Å². The first kappa shape index (κ1) is 41.7. The van der Waals surface area contributed by atoms with Crippen LogP contribution < -0.4 is 5.73 Å². The van der Waals surface area contributed by atoms with E-state index in [1.165, 1.54) is 61.4 Å². The Bertz CT molecular complexity index is 464. The van der Waals surface area contributed by atoms with Crippen LogP contribution in [0.5, 0.6) is 0 Å². The average Bonchev–Trinajstić information content (AvgIpc) is 2.80. The molecule has 1 heteroatoms. The molecule has 2 atom stereocenters. The fraction of sp³-hybridized carbons (Fsp3) is 0.688. The van der Waals surface area contributed by atoms with Crippen molar-refractivity contribution in [1.82, 2.24) is 0 Å². The van der Waals surface area contributed by atoms with E-state index in [0.717, 1.165) is 18.3 Å². The summed E-state index contributed by atoms with van der Waals surface area (Å²) in [6.07, 6.45) is 12.7. The summed E-state index contributed by atoms with van der Waals surface area (Å²) in [5, 5.41) is 0. The highest BCUT2D eigenvalue weighted by Crippen LogP contribution is 2.22. The largest absolute Gasteiger partial charge is 0.405 e.